The van der Waals surface area contributed by atoms with E-state index in [0.29, 0.717) is 19.4 Å². The van der Waals surface area contributed by atoms with Gasteiger partial charge in [-0.3, -0.25) is 14.4 Å². The summed E-state index contributed by atoms with van der Waals surface area (Å²) < 4.78 is 0. The second-order valence-electron chi connectivity index (χ2n) is 8.44. The Balaban J connectivity index is 1.75. The number of carbonyl (C=O) groups is 3. The van der Waals surface area contributed by atoms with E-state index in [-0.39, 0.29) is 35.2 Å². The Morgan fingerprint density at radius 2 is 1.90 bits per heavy atom. The number of anilines is 1. The molecule has 31 heavy (non-hydrogen) atoms. The van der Waals surface area contributed by atoms with Gasteiger partial charge in [-0.25, -0.2) is 4.98 Å². The van der Waals surface area contributed by atoms with E-state index in [1.807, 2.05) is 0 Å². The van der Waals surface area contributed by atoms with Crippen LogP contribution in [-0.4, -0.2) is 64.4 Å². The fourth-order valence-electron chi connectivity index (χ4n) is 4.43. The lowest BCUT2D eigenvalue weighted by atomic mass is 9.83. The molecule has 170 valence electrons. The summed E-state index contributed by atoms with van der Waals surface area (Å²) in [6.45, 7) is 2.22. The smallest absolute Gasteiger partial charge is 0.248 e. The van der Waals surface area contributed by atoms with E-state index in [2.05, 4.69) is 20.9 Å². The van der Waals surface area contributed by atoms with E-state index in [1.54, 1.807) is 24.9 Å². The molecule has 1 aliphatic heterocycles. The number of pyridine rings is 1. The number of aromatic hydroxyl groups is 1. The van der Waals surface area contributed by atoms with Crippen molar-refractivity contribution in [3.63, 3.8) is 0 Å². The lowest BCUT2D eigenvalue weighted by molar-refractivity contribution is -0.142. The summed E-state index contributed by atoms with van der Waals surface area (Å²) in [5, 5.41) is 18.4. The molecule has 0 unspecified atom stereocenters. The number of aromatic nitrogens is 1. The van der Waals surface area contributed by atoms with Crippen LogP contribution in [0.25, 0.3) is 0 Å². The van der Waals surface area contributed by atoms with E-state index in [1.165, 1.54) is 12.3 Å². The number of likely N-dealkylation sites (N-methyl/N-ethyl adjacent to an activating group) is 1. The second kappa shape index (κ2) is 10.6. The summed E-state index contributed by atoms with van der Waals surface area (Å²) >= 11 is 0. The molecule has 1 aliphatic carbocycles. The van der Waals surface area contributed by atoms with Crippen LogP contribution in [-0.2, 0) is 14.4 Å². The molecule has 3 amide bonds. The van der Waals surface area contributed by atoms with Crippen LogP contribution in [0.4, 0.5) is 5.82 Å². The van der Waals surface area contributed by atoms with Crippen LogP contribution < -0.4 is 16.0 Å². The molecule has 0 radical (unpaired) electrons. The molecule has 9 heteroatoms. The maximum absolute atomic E-state index is 13.6. The van der Waals surface area contributed by atoms with Crippen LogP contribution in [0.1, 0.15) is 51.9 Å². The van der Waals surface area contributed by atoms with E-state index in [4.69, 9.17) is 0 Å². The van der Waals surface area contributed by atoms with Crippen molar-refractivity contribution in [2.75, 3.05) is 18.9 Å². The molecule has 3 rings (SSSR count). The van der Waals surface area contributed by atoms with Gasteiger partial charge in [0.1, 0.15) is 12.1 Å². The average Bonchev–Trinajstić information content (AvgIpc) is 3.28. The van der Waals surface area contributed by atoms with Gasteiger partial charge in [-0.2, -0.15) is 0 Å². The molecule has 1 aromatic rings. The number of nitrogens with zero attached hydrogens (tertiary/aromatic N) is 2. The Hall–Kier alpha value is -2.68. The van der Waals surface area contributed by atoms with Gasteiger partial charge in [0, 0.05) is 12.7 Å². The topological polar surface area (TPSA) is 124 Å². The zero-order valence-corrected chi connectivity index (χ0v) is 18.3. The van der Waals surface area contributed by atoms with Crippen LogP contribution >= 0.6 is 0 Å². The number of rotatable bonds is 7. The summed E-state index contributed by atoms with van der Waals surface area (Å²) in [6.07, 6.45) is 7.70. The number of likely N-dealkylation sites (tertiary alicyclic amines) is 1. The van der Waals surface area contributed by atoms with Gasteiger partial charge in [-0.1, -0.05) is 19.3 Å². The summed E-state index contributed by atoms with van der Waals surface area (Å²) in [7, 11) is 1.70. The van der Waals surface area contributed by atoms with E-state index in [0.717, 1.165) is 32.1 Å². The van der Waals surface area contributed by atoms with Crippen LogP contribution in [0.15, 0.2) is 18.3 Å². The molecule has 0 bridgehead atoms. The molecule has 9 nitrogen and oxygen atoms in total. The van der Waals surface area contributed by atoms with Gasteiger partial charge in [-0.05, 0) is 57.7 Å². The quantitative estimate of drug-likeness (QED) is 0.517. The first-order valence-corrected chi connectivity index (χ1v) is 11.1. The molecule has 0 spiro atoms. The normalized spacial score (nSPS) is 21.4. The van der Waals surface area contributed by atoms with E-state index >= 15 is 0 Å². The highest BCUT2D eigenvalue weighted by Crippen LogP contribution is 2.30. The van der Waals surface area contributed by atoms with Gasteiger partial charge >= 0.3 is 0 Å². The summed E-state index contributed by atoms with van der Waals surface area (Å²) in [4.78, 5) is 44.6. The van der Waals surface area contributed by atoms with E-state index in [9.17, 15) is 19.5 Å². The largest absolute Gasteiger partial charge is 0.504 e. The van der Waals surface area contributed by atoms with Crippen molar-refractivity contribution >= 4 is 23.5 Å². The predicted molar refractivity (Wildman–Crippen MR) is 116 cm³/mol. The van der Waals surface area contributed by atoms with E-state index < -0.39 is 18.1 Å². The fourth-order valence-corrected chi connectivity index (χ4v) is 4.43. The van der Waals surface area contributed by atoms with Gasteiger partial charge in [0.15, 0.2) is 11.6 Å². The van der Waals surface area contributed by atoms with Crippen molar-refractivity contribution in [1.29, 1.82) is 0 Å². The van der Waals surface area contributed by atoms with Crippen LogP contribution in [0.3, 0.4) is 0 Å². The monoisotopic (exact) mass is 431 g/mol. The SMILES string of the molecule is CN[C@@H](C)C(=O)N[C@H](C(=O)N1CCC[C@H]1C(=O)Nc1ncccc1O)C1CCCCC1. The third kappa shape index (κ3) is 5.52. The molecule has 2 heterocycles. The third-order valence-corrected chi connectivity index (χ3v) is 6.38. The van der Waals surface area contributed by atoms with Crippen molar-refractivity contribution in [2.24, 2.45) is 5.92 Å². The molecular formula is C22H33N5O4. The zero-order valence-electron chi connectivity index (χ0n) is 18.3. The fraction of sp³-hybridized carbons (Fsp3) is 0.636. The Morgan fingerprint density at radius 1 is 1.16 bits per heavy atom. The molecule has 4 N–H and O–H groups in total. The van der Waals surface area contributed by atoms with Crippen LogP contribution in [0, 0.1) is 5.92 Å². The minimum Gasteiger partial charge on any atom is -0.504 e. The lowest BCUT2D eigenvalue weighted by Crippen LogP contribution is -2.57. The molecule has 1 aromatic heterocycles. The molecule has 2 aliphatic rings. The van der Waals surface area contributed by atoms with Gasteiger partial charge in [-0.15, -0.1) is 0 Å². The number of hydrogen-bond donors (Lipinski definition) is 4. The molecule has 1 saturated heterocycles. The number of hydrogen-bond acceptors (Lipinski definition) is 6. The van der Waals surface area contributed by atoms with Crippen molar-refractivity contribution < 1.29 is 19.5 Å². The number of carbonyl (C=O) groups excluding carboxylic acids is 3. The Bertz CT molecular complexity index is 796. The zero-order chi connectivity index (χ0) is 22.4. The highest BCUT2D eigenvalue weighted by atomic mass is 16.3. The molecule has 2 fully saturated rings. The first-order chi connectivity index (χ1) is 14.9. The van der Waals surface area contributed by atoms with Gasteiger partial charge < -0.3 is 26.0 Å². The van der Waals surface area contributed by atoms with Gasteiger partial charge in [0.25, 0.3) is 0 Å². The Labute approximate surface area is 183 Å². The molecular weight excluding hydrogens is 398 g/mol. The van der Waals surface area contributed by atoms with Gasteiger partial charge in [0.05, 0.1) is 6.04 Å². The first kappa shape index (κ1) is 23.0. The predicted octanol–water partition coefficient (Wildman–Crippen LogP) is 1.39. The minimum absolute atomic E-state index is 0.0680. The summed E-state index contributed by atoms with van der Waals surface area (Å²) in [6, 6.07) is 1.31. The molecule has 0 aromatic carbocycles. The first-order valence-electron chi connectivity index (χ1n) is 11.1. The third-order valence-electron chi connectivity index (χ3n) is 6.38. The van der Waals surface area contributed by atoms with Crippen molar-refractivity contribution in [3.05, 3.63) is 18.3 Å². The highest BCUT2D eigenvalue weighted by molar-refractivity contribution is 5.99. The van der Waals surface area contributed by atoms with Crippen molar-refractivity contribution in [3.8, 4) is 5.75 Å². The maximum Gasteiger partial charge on any atom is 0.248 e. The summed E-state index contributed by atoms with van der Waals surface area (Å²) in [5.74, 6) is -0.779. The second-order valence-corrected chi connectivity index (χ2v) is 8.44. The number of amides is 3. The van der Waals surface area contributed by atoms with Crippen LogP contribution in [0.5, 0.6) is 5.75 Å². The van der Waals surface area contributed by atoms with Crippen molar-refractivity contribution in [1.82, 2.24) is 20.5 Å². The Kier molecular flexibility index (Phi) is 7.84. The van der Waals surface area contributed by atoms with Crippen molar-refractivity contribution in [2.45, 2.75) is 70.0 Å². The highest BCUT2D eigenvalue weighted by Gasteiger charge is 2.41. The van der Waals surface area contributed by atoms with Crippen LogP contribution in [0.2, 0.25) is 0 Å². The van der Waals surface area contributed by atoms with Gasteiger partial charge in [0.2, 0.25) is 17.7 Å². The molecule has 1 saturated carbocycles. The lowest BCUT2D eigenvalue weighted by Gasteiger charge is -2.35. The number of nitrogens with one attached hydrogen (secondary N) is 3. The Morgan fingerprint density at radius 3 is 2.58 bits per heavy atom. The average molecular weight is 432 g/mol. The standard InChI is InChI=1S/C22H33N5O4/c1-14(23-2)20(29)25-18(15-8-4-3-5-9-15)22(31)27-13-7-10-16(27)21(30)26-19-17(28)11-6-12-24-19/h6,11-12,14-16,18,23,28H,3-5,7-10,13H2,1-2H3,(H,25,29)(H,24,26,30)/t14-,16-,18-/m0/s1. The summed E-state index contributed by atoms with van der Waals surface area (Å²) in [5.41, 5.74) is 0. The molecule has 3 atom stereocenters. The minimum atomic E-state index is -0.654. The maximum atomic E-state index is 13.6.